The molecule has 5 heteroatoms. The van der Waals surface area contributed by atoms with Gasteiger partial charge in [0.1, 0.15) is 17.4 Å². The van der Waals surface area contributed by atoms with Gasteiger partial charge in [-0.25, -0.2) is 0 Å². The number of allylic oxidation sites excluding steroid dienone is 1. The first-order valence-corrected chi connectivity index (χ1v) is 8.23. The number of thiophene rings is 1. The molecular formula is C18H11ClN2OS. The number of hydrogen-bond acceptors (Lipinski definition) is 4. The van der Waals surface area contributed by atoms with Gasteiger partial charge in [0.05, 0.1) is 10.3 Å². The largest absolute Gasteiger partial charge is 0.440 e. The Morgan fingerprint density at radius 3 is 2.70 bits per heavy atom. The molecule has 1 unspecified atom stereocenters. The van der Waals surface area contributed by atoms with Crippen LogP contribution in [-0.4, -0.2) is 0 Å². The molecule has 0 fully saturated rings. The summed E-state index contributed by atoms with van der Waals surface area (Å²) in [5.41, 5.74) is 7.38. The molecule has 1 aromatic heterocycles. The van der Waals surface area contributed by atoms with E-state index in [1.54, 1.807) is 0 Å². The summed E-state index contributed by atoms with van der Waals surface area (Å²) >= 11 is 7.57. The van der Waals surface area contributed by atoms with Crippen molar-refractivity contribution in [3.05, 3.63) is 74.8 Å². The lowest BCUT2D eigenvalue weighted by atomic mass is 9.85. The van der Waals surface area contributed by atoms with Crippen LogP contribution in [0.5, 0.6) is 5.75 Å². The van der Waals surface area contributed by atoms with Gasteiger partial charge in [0.25, 0.3) is 0 Å². The molecule has 0 aliphatic carbocycles. The van der Waals surface area contributed by atoms with E-state index in [2.05, 4.69) is 6.07 Å². The van der Waals surface area contributed by atoms with Gasteiger partial charge in [-0.3, -0.25) is 0 Å². The van der Waals surface area contributed by atoms with E-state index in [1.807, 2.05) is 48.5 Å². The van der Waals surface area contributed by atoms with Gasteiger partial charge >= 0.3 is 0 Å². The van der Waals surface area contributed by atoms with Crippen LogP contribution < -0.4 is 10.5 Å². The first-order chi connectivity index (χ1) is 11.2. The van der Waals surface area contributed by atoms with Crippen molar-refractivity contribution in [1.82, 2.24) is 0 Å². The van der Waals surface area contributed by atoms with Gasteiger partial charge in [0.15, 0.2) is 0 Å². The van der Waals surface area contributed by atoms with E-state index in [1.165, 1.54) is 11.3 Å². The van der Waals surface area contributed by atoms with Crippen LogP contribution >= 0.6 is 22.9 Å². The zero-order chi connectivity index (χ0) is 16.0. The summed E-state index contributed by atoms with van der Waals surface area (Å²) in [6.07, 6.45) is 0. The number of nitriles is 1. The molecule has 0 amide bonds. The van der Waals surface area contributed by atoms with E-state index in [-0.39, 0.29) is 11.8 Å². The summed E-state index contributed by atoms with van der Waals surface area (Å²) < 4.78 is 6.39. The predicted molar refractivity (Wildman–Crippen MR) is 92.6 cm³/mol. The number of ether oxygens (including phenoxy) is 1. The fraction of sp³-hybridized carbons (Fsp3) is 0.0556. The zero-order valence-corrected chi connectivity index (χ0v) is 13.5. The molecule has 3 aromatic rings. The Labute approximate surface area is 142 Å². The Morgan fingerprint density at radius 1 is 1.13 bits per heavy atom. The topological polar surface area (TPSA) is 59.0 Å². The second-order valence-electron chi connectivity index (χ2n) is 5.27. The quantitative estimate of drug-likeness (QED) is 0.695. The third-order valence-corrected chi connectivity index (χ3v) is 5.29. The number of fused-ring (bicyclic) bond motifs is 3. The lowest BCUT2D eigenvalue weighted by Gasteiger charge is -2.26. The monoisotopic (exact) mass is 338 g/mol. The van der Waals surface area contributed by atoms with E-state index in [4.69, 9.17) is 22.1 Å². The molecule has 2 heterocycles. The lowest BCUT2D eigenvalue weighted by molar-refractivity contribution is 0.395. The SMILES string of the molecule is N#CC1=C(N)Oc2ccc3ccccc3c2C1c1ccc(Cl)s1. The van der Waals surface area contributed by atoms with Gasteiger partial charge in [-0.1, -0.05) is 41.9 Å². The molecule has 23 heavy (non-hydrogen) atoms. The molecule has 2 N–H and O–H groups in total. The van der Waals surface area contributed by atoms with Gasteiger partial charge in [-0.2, -0.15) is 5.26 Å². The van der Waals surface area contributed by atoms with Crippen molar-refractivity contribution in [2.45, 2.75) is 5.92 Å². The van der Waals surface area contributed by atoms with E-state index in [0.29, 0.717) is 15.7 Å². The molecule has 2 aromatic carbocycles. The van der Waals surface area contributed by atoms with Crippen molar-refractivity contribution in [2.75, 3.05) is 0 Å². The van der Waals surface area contributed by atoms with Crippen molar-refractivity contribution in [2.24, 2.45) is 5.73 Å². The van der Waals surface area contributed by atoms with Gasteiger partial charge < -0.3 is 10.5 Å². The van der Waals surface area contributed by atoms with Gasteiger partial charge in [0, 0.05) is 10.4 Å². The van der Waals surface area contributed by atoms with Crippen molar-refractivity contribution >= 4 is 33.7 Å². The standard InChI is InChI=1S/C18H11ClN2OS/c19-15-8-7-14(23-15)17-12(9-20)18(21)22-13-6-5-10-3-1-2-4-11(10)16(13)17/h1-8,17H,21H2. The third-order valence-electron chi connectivity index (χ3n) is 3.99. The lowest BCUT2D eigenvalue weighted by Crippen LogP contribution is -2.20. The molecule has 3 nitrogen and oxygen atoms in total. The average Bonchev–Trinajstić information content (AvgIpc) is 2.99. The number of halogens is 1. The molecule has 4 rings (SSSR count). The maximum absolute atomic E-state index is 9.60. The minimum atomic E-state index is -0.257. The van der Waals surface area contributed by atoms with Crippen molar-refractivity contribution in [3.8, 4) is 11.8 Å². The van der Waals surface area contributed by atoms with Crippen LogP contribution in [-0.2, 0) is 0 Å². The fourth-order valence-electron chi connectivity index (χ4n) is 3.01. The van der Waals surface area contributed by atoms with E-state index >= 15 is 0 Å². The highest BCUT2D eigenvalue weighted by molar-refractivity contribution is 7.16. The minimum Gasteiger partial charge on any atom is -0.440 e. The highest BCUT2D eigenvalue weighted by Crippen LogP contribution is 2.47. The molecule has 0 bridgehead atoms. The normalized spacial score (nSPS) is 16.8. The highest BCUT2D eigenvalue weighted by Gasteiger charge is 2.33. The van der Waals surface area contributed by atoms with Crippen LogP contribution in [0.2, 0.25) is 4.34 Å². The van der Waals surface area contributed by atoms with Crippen LogP contribution in [0.15, 0.2) is 60.0 Å². The Bertz CT molecular complexity index is 1000. The van der Waals surface area contributed by atoms with Crippen LogP contribution in [0.1, 0.15) is 16.4 Å². The van der Waals surface area contributed by atoms with Crippen LogP contribution in [0, 0.1) is 11.3 Å². The molecule has 0 radical (unpaired) electrons. The number of benzene rings is 2. The molecule has 0 saturated heterocycles. The van der Waals surface area contributed by atoms with Crippen LogP contribution in [0.3, 0.4) is 0 Å². The van der Waals surface area contributed by atoms with Crippen LogP contribution in [0.4, 0.5) is 0 Å². The molecule has 112 valence electrons. The van der Waals surface area contributed by atoms with Gasteiger partial charge in [-0.05, 0) is 29.0 Å². The van der Waals surface area contributed by atoms with Crippen molar-refractivity contribution in [3.63, 3.8) is 0 Å². The van der Waals surface area contributed by atoms with E-state index < -0.39 is 0 Å². The predicted octanol–water partition coefficient (Wildman–Crippen LogP) is 4.77. The number of nitrogens with two attached hydrogens (primary N) is 1. The first kappa shape index (κ1) is 14.1. The maximum atomic E-state index is 9.60. The summed E-state index contributed by atoms with van der Waals surface area (Å²) in [7, 11) is 0. The molecule has 1 aliphatic rings. The van der Waals surface area contributed by atoms with Gasteiger partial charge in [-0.15, -0.1) is 11.3 Å². The molecule has 1 atom stereocenters. The first-order valence-electron chi connectivity index (χ1n) is 7.03. The second-order valence-corrected chi connectivity index (χ2v) is 7.01. The highest BCUT2D eigenvalue weighted by atomic mass is 35.5. The molecule has 0 spiro atoms. The smallest absolute Gasteiger partial charge is 0.205 e. The minimum absolute atomic E-state index is 0.157. The summed E-state index contributed by atoms with van der Waals surface area (Å²) in [4.78, 5) is 0.982. The summed E-state index contributed by atoms with van der Waals surface area (Å²) in [6, 6.07) is 17.9. The summed E-state index contributed by atoms with van der Waals surface area (Å²) in [5, 5.41) is 11.8. The summed E-state index contributed by atoms with van der Waals surface area (Å²) in [6.45, 7) is 0. The summed E-state index contributed by atoms with van der Waals surface area (Å²) in [5.74, 6) is 0.590. The second kappa shape index (κ2) is 5.31. The Hall–Kier alpha value is -2.48. The van der Waals surface area contributed by atoms with E-state index in [9.17, 15) is 5.26 Å². The fourth-order valence-corrected chi connectivity index (χ4v) is 4.19. The molecular weight excluding hydrogens is 328 g/mol. The maximum Gasteiger partial charge on any atom is 0.205 e. The molecule has 0 saturated carbocycles. The Kier molecular flexibility index (Phi) is 3.26. The van der Waals surface area contributed by atoms with Gasteiger partial charge in [0.2, 0.25) is 5.88 Å². The Balaban J connectivity index is 2.07. The number of rotatable bonds is 1. The van der Waals surface area contributed by atoms with E-state index in [0.717, 1.165) is 21.2 Å². The average molecular weight is 339 g/mol. The zero-order valence-electron chi connectivity index (χ0n) is 11.9. The number of hydrogen-bond donors (Lipinski definition) is 1. The third kappa shape index (κ3) is 2.17. The Morgan fingerprint density at radius 2 is 1.96 bits per heavy atom. The molecule has 1 aliphatic heterocycles. The van der Waals surface area contributed by atoms with Crippen molar-refractivity contribution < 1.29 is 4.74 Å². The van der Waals surface area contributed by atoms with Crippen molar-refractivity contribution in [1.29, 1.82) is 5.26 Å². The van der Waals surface area contributed by atoms with Crippen LogP contribution in [0.25, 0.3) is 10.8 Å². The number of nitrogens with zero attached hydrogens (tertiary/aromatic N) is 1.